The molecule has 142 valence electrons. The van der Waals surface area contributed by atoms with Crippen molar-refractivity contribution in [2.45, 2.75) is 18.8 Å². The highest BCUT2D eigenvalue weighted by Gasteiger charge is 2.31. The Labute approximate surface area is 151 Å². The van der Waals surface area contributed by atoms with Crippen molar-refractivity contribution >= 4 is 0 Å². The Morgan fingerprint density at radius 3 is 2.96 bits per heavy atom. The van der Waals surface area contributed by atoms with Gasteiger partial charge in [0.2, 0.25) is 11.7 Å². The minimum absolute atomic E-state index is 0.112. The first-order valence-electron chi connectivity index (χ1n) is 8.18. The molecule has 3 heterocycles. The smallest absolute Gasteiger partial charge is 0.378 e. The van der Waals surface area contributed by atoms with Gasteiger partial charge < -0.3 is 9.26 Å². The molecule has 11 heteroatoms. The summed E-state index contributed by atoms with van der Waals surface area (Å²) in [5.41, 5.74) is -0.515. The van der Waals surface area contributed by atoms with E-state index in [4.69, 9.17) is 9.26 Å². The lowest BCUT2D eigenvalue weighted by Crippen LogP contribution is -2.39. The standard InChI is InChI=1S/C16H15F3N6O2/c17-16(18,19)11-3-1-2-10(6-11)14-22-13(27-24-14)7-25-4-5-26-8-12(25)15-20-9-21-23-15/h1-3,6,9,12H,4-5,7-8H2,(H,20,21,23). The van der Waals surface area contributed by atoms with Crippen LogP contribution in [-0.2, 0) is 17.5 Å². The zero-order chi connectivity index (χ0) is 18.9. The van der Waals surface area contributed by atoms with E-state index in [-0.39, 0.29) is 17.4 Å². The average molecular weight is 380 g/mol. The molecule has 1 aromatic carbocycles. The van der Waals surface area contributed by atoms with Crippen molar-refractivity contribution in [1.29, 1.82) is 0 Å². The minimum atomic E-state index is -4.43. The largest absolute Gasteiger partial charge is 0.416 e. The summed E-state index contributed by atoms with van der Waals surface area (Å²) in [5.74, 6) is 1.07. The van der Waals surface area contributed by atoms with Crippen molar-refractivity contribution in [2.24, 2.45) is 0 Å². The van der Waals surface area contributed by atoms with Gasteiger partial charge >= 0.3 is 6.18 Å². The number of H-pyrrole nitrogens is 1. The highest BCUT2D eigenvalue weighted by molar-refractivity contribution is 5.55. The first-order chi connectivity index (χ1) is 13.0. The van der Waals surface area contributed by atoms with Gasteiger partial charge in [-0.15, -0.1) is 0 Å². The topological polar surface area (TPSA) is 93.0 Å². The van der Waals surface area contributed by atoms with Gasteiger partial charge in [-0.25, -0.2) is 4.98 Å². The van der Waals surface area contributed by atoms with Crippen molar-refractivity contribution in [3.8, 4) is 11.4 Å². The second kappa shape index (κ2) is 7.08. The predicted molar refractivity (Wildman–Crippen MR) is 85.1 cm³/mol. The number of benzene rings is 1. The summed E-state index contributed by atoms with van der Waals surface area (Å²) in [4.78, 5) is 10.4. The van der Waals surface area contributed by atoms with Crippen LogP contribution in [0.2, 0.25) is 0 Å². The van der Waals surface area contributed by atoms with Crippen LogP contribution in [0.4, 0.5) is 13.2 Å². The molecular weight excluding hydrogens is 365 g/mol. The third-order valence-corrected chi connectivity index (χ3v) is 4.24. The molecule has 0 aliphatic carbocycles. The van der Waals surface area contributed by atoms with Gasteiger partial charge in [0.05, 0.1) is 31.4 Å². The van der Waals surface area contributed by atoms with Crippen LogP contribution in [-0.4, -0.2) is 50.0 Å². The lowest BCUT2D eigenvalue weighted by Gasteiger charge is -2.32. The molecule has 1 fully saturated rings. The molecule has 1 aliphatic heterocycles. The number of hydrogen-bond acceptors (Lipinski definition) is 7. The number of nitrogens with zero attached hydrogens (tertiary/aromatic N) is 5. The number of aromatic amines is 1. The molecule has 0 amide bonds. The van der Waals surface area contributed by atoms with Crippen LogP contribution >= 0.6 is 0 Å². The van der Waals surface area contributed by atoms with Gasteiger partial charge in [-0.1, -0.05) is 17.3 Å². The number of hydrogen-bond donors (Lipinski definition) is 1. The summed E-state index contributed by atoms with van der Waals surface area (Å²) in [7, 11) is 0. The van der Waals surface area contributed by atoms with Crippen molar-refractivity contribution in [3.05, 3.63) is 47.9 Å². The van der Waals surface area contributed by atoms with Crippen LogP contribution in [0.15, 0.2) is 35.1 Å². The molecule has 4 rings (SSSR count). The highest BCUT2D eigenvalue weighted by Crippen LogP contribution is 2.31. The number of ether oxygens (including phenoxy) is 1. The molecule has 3 aromatic rings. The number of nitrogens with one attached hydrogen (secondary N) is 1. The Hall–Kier alpha value is -2.79. The SMILES string of the molecule is FC(F)(F)c1cccc(-c2noc(CN3CCOCC3c3ncn[nH]3)n2)c1. The number of alkyl halides is 3. The molecule has 1 N–H and O–H groups in total. The molecule has 2 aromatic heterocycles. The minimum Gasteiger partial charge on any atom is -0.378 e. The summed E-state index contributed by atoms with van der Waals surface area (Å²) in [6.45, 7) is 1.91. The summed E-state index contributed by atoms with van der Waals surface area (Å²) in [6, 6.07) is 4.68. The molecule has 0 radical (unpaired) electrons. The van der Waals surface area contributed by atoms with Crippen molar-refractivity contribution in [2.75, 3.05) is 19.8 Å². The Morgan fingerprint density at radius 1 is 1.30 bits per heavy atom. The molecule has 1 saturated heterocycles. The average Bonchev–Trinajstić information content (AvgIpc) is 3.34. The second-order valence-corrected chi connectivity index (χ2v) is 6.02. The van der Waals surface area contributed by atoms with E-state index in [2.05, 4.69) is 25.3 Å². The van der Waals surface area contributed by atoms with Gasteiger partial charge in [-0.3, -0.25) is 10.00 Å². The number of rotatable bonds is 4. The third-order valence-electron chi connectivity index (χ3n) is 4.24. The summed E-state index contributed by atoms with van der Waals surface area (Å²) in [6.07, 6.45) is -3.01. The first kappa shape index (κ1) is 17.6. The maximum absolute atomic E-state index is 12.9. The fourth-order valence-corrected chi connectivity index (χ4v) is 2.90. The number of aromatic nitrogens is 5. The van der Waals surface area contributed by atoms with Crippen LogP contribution in [0.3, 0.4) is 0 Å². The van der Waals surface area contributed by atoms with E-state index in [1.54, 1.807) is 0 Å². The van der Waals surface area contributed by atoms with E-state index in [1.807, 2.05) is 4.90 Å². The Morgan fingerprint density at radius 2 is 2.19 bits per heavy atom. The van der Waals surface area contributed by atoms with E-state index in [9.17, 15) is 13.2 Å². The van der Waals surface area contributed by atoms with E-state index in [0.717, 1.165) is 12.1 Å². The summed E-state index contributed by atoms with van der Waals surface area (Å²) >= 11 is 0. The van der Waals surface area contributed by atoms with Crippen LogP contribution in [0.25, 0.3) is 11.4 Å². The van der Waals surface area contributed by atoms with Gasteiger partial charge in [-0.05, 0) is 12.1 Å². The van der Waals surface area contributed by atoms with Gasteiger partial charge in [-0.2, -0.15) is 23.3 Å². The summed E-state index contributed by atoms with van der Waals surface area (Å²) < 4.78 is 49.4. The van der Waals surface area contributed by atoms with Crippen molar-refractivity contribution in [1.82, 2.24) is 30.2 Å². The van der Waals surface area contributed by atoms with E-state index >= 15 is 0 Å². The van der Waals surface area contributed by atoms with Gasteiger partial charge in [0.25, 0.3) is 0 Å². The van der Waals surface area contributed by atoms with Crippen LogP contribution in [0, 0.1) is 0 Å². The molecule has 8 nitrogen and oxygen atoms in total. The monoisotopic (exact) mass is 380 g/mol. The molecule has 0 saturated carbocycles. The van der Waals surface area contributed by atoms with Gasteiger partial charge in [0, 0.05) is 12.1 Å². The predicted octanol–water partition coefficient (Wildman–Crippen LogP) is 2.45. The Balaban J connectivity index is 1.53. The molecule has 1 atom stereocenters. The summed E-state index contributed by atoms with van der Waals surface area (Å²) in [5, 5.41) is 10.5. The molecule has 0 spiro atoms. The van der Waals surface area contributed by atoms with Crippen molar-refractivity contribution in [3.63, 3.8) is 0 Å². The lowest BCUT2D eigenvalue weighted by atomic mass is 10.1. The zero-order valence-electron chi connectivity index (χ0n) is 14.0. The fourth-order valence-electron chi connectivity index (χ4n) is 2.90. The first-order valence-corrected chi connectivity index (χ1v) is 8.18. The number of morpholine rings is 1. The third kappa shape index (κ3) is 3.83. The second-order valence-electron chi connectivity index (χ2n) is 6.02. The molecule has 27 heavy (non-hydrogen) atoms. The van der Waals surface area contributed by atoms with Gasteiger partial charge in [0.1, 0.15) is 12.2 Å². The van der Waals surface area contributed by atoms with E-state index in [1.165, 1.54) is 18.5 Å². The number of halogens is 3. The van der Waals surface area contributed by atoms with Crippen LogP contribution < -0.4 is 0 Å². The fraction of sp³-hybridized carbons (Fsp3) is 0.375. The maximum Gasteiger partial charge on any atom is 0.416 e. The van der Waals surface area contributed by atoms with Crippen LogP contribution in [0.5, 0.6) is 0 Å². The molecular formula is C16H15F3N6O2. The normalized spacial score (nSPS) is 18.7. The molecule has 1 unspecified atom stereocenters. The van der Waals surface area contributed by atoms with Crippen molar-refractivity contribution < 1.29 is 22.4 Å². The quantitative estimate of drug-likeness (QED) is 0.743. The Kier molecular flexibility index (Phi) is 4.62. The molecule has 1 aliphatic rings. The zero-order valence-corrected chi connectivity index (χ0v) is 14.0. The lowest BCUT2D eigenvalue weighted by molar-refractivity contribution is -0.137. The van der Waals surface area contributed by atoms with E-state index in [0.29, 0.717) is 38.0 Å². The van der Waals surface area contributed by atoms with Crippen LogP contribution in [0.1, 0.15) is 23.3 Å². The maximum atomic E-state index is 12.9. The highest BCUT2D eigenvalue weighted by atomic mass is 19.4. The molecule has 0 bridgehead atoms. The van der Waals surface area contributed by atoms with Gasteiger partial charge in [0.15, 0.2) is 0 Å². The van der Waals surface area contributed by atoms with E-state index < -0.39 is 11.7 Å². The Bertz CT molecular complexity index is 896.